The molecule has 1 spiro atoms. The van der Waals surface area contributed by atoms with E-state index in [0.29, 0.717) is 49.5 Å². The van der Waals surface area contributed by atoms with E-state index in [1.807, 2.05) is 6.92 Å². The second-order valence-corrected chi connectivity index (χ2v) is 24.0. The number of hydrogen-bond donors (Lipinski definition) is 12. The van der Waals surface area contributed by atoms with Crippen LogP contribution in [0.4, 0.5) is 0 Å². The fourth-order valence-corrected chi connectivity index (χ4v) is 15.5. The highest BCUT2D eigenvalue weighted by Gasteiger charge is 2.69. The highest BCUT2D eigenvalue weighted by Crippen LogP contribution is 2.71. The largest absolute Gasteiger partial charge is 0.394 e. The Kier molecular flexibility index (Phi) is 15.7. The first-order valence-electron chi connectivity index (χ1n) is 26.8. The summed E-state index contributed by atoms with van der Waals surface area (Å²) >= 11 is 0. The maximum atomic E-state index is 12.3. The van der Waals surface area contributed by atoms with Gasteiger partial charge < -0.3 is 109 Å². The minimum atomic E-state index is -1.91. The topological polar surface area (TPSA) is 335 Å². The number of aliphatic hydroxyl groups is 12. The zero-order valence-corrected chi connectivity index (χ0v) is 42.5. The van der Waals surface area contributed by atoms with Crippen molar-refractivity contribution in [3.63, 3.8) is 0 Å². The van der Waals surface area contributed by atoms with Crippen LogP contribution in [0.15, 0.2) is 11.6 Å². The van der Waals surface area contributed by atoms with Gasteiger partial charge in [0.1, 0.15) is 85.5 Å². The van der Waals surface area contributed by atoms with E-state index in [-0.39, 0.29) is 28.8 Å². The van der Waals surface area contributed by atoms with Gasteiger partial charge in [0.15, 0.2) is 30.9 Å². The van der Waals surface area contributed by atoms with Crippen LogP contribution >= 0.6 is 0 Å². The highest BCUT2D eigenvalue weighted by molar-refractivity contribution is 5.26. The Morgan fingerprint density at radius 2 is 1.22 bits per heavy atom. The molecule has 32 atom stereocenters. The zero-order valence-electron chi connectivity index (χ0n) is 42.5. The second-order valence-electron chi connectivity index (χ2n) is 24.0. The molecule has 0 aromatic rings. The molecule has 22 nitrogen and oxygen atoms in total. The lowest BCUT2D eigenvalue weighted by atomic mass is 9.47. The SMILES string of the molecule is CC1CO[C@]2(CC1O)O[C@H]1C[C@H]3[C@@H]4CC=C5C[C@@H](O[C@@H]6O[C@H](CO)[C@@H](O[C@H]7O[C@@H](C)[C@H](O[C@@H]8O[C@H](CO)[C@@H](O)[C@H](O)[C@H]8O)[C@@H](O)[C@H]7O)[C@H](O)[C@H]6O[C@H]6O[C@@H](C)[C@H](O)[C@@H](O)[C@H]6O)CC[C@]5(C)[C@H]4CC[C@]3(C)[C@H]1[C@@H]2C. The first-order chi connectivity index (χ1) is 34.5. The summed E-state index contributed by atoms with van der Waals surface area (Å²) in [6.45, 7) is 11.1. The van der Waals surface area contributed by atoms with E-state index in [2.05, 4.69) is 26.8 Å². The van der Waals surface area contributed by atoms with Gasteiger partial charge >= 0.3 is 0 Å². The molecule has 0 aromatic carbocycles. The van der Waals surface area contributed by atoms with E-state index in [4.69, 9.17) is 47.4 Å². The van der Waals surface area contributed by atoms with Crippen LogP contribution in [0.25, 0.3) is 0 Å². The van der Waals surface area contributed by atoms with Crippen molar-refractivity contribution < 1.29 is 109 Å². The average molecular weight is 1050 g/mol. The normalized spacial score (nSPS) is 58.2. The van der Waals surface area contributed by atoms with Gasteiger partial charge in [0.05, 0.1) is 50.3 Å². The number of hydrogen-bond acceptors (Lipinski definition) is 22. The third kappa shape index (κ3) is 9.32. The van der Waals surface area contributed by atoms with Crippen molar-refractivity contribution in [3.05, 3.63) is 11.6 Å². The third-order valence-electron chi connectivity index (χ3n) is 19.9. The van der Waals surface area contributed by atoms with Gasteiger partial charge in [0, 0.05) is 18.3 Å². The molecule has 2 unspecified atom stereocenters. The summed E-state index contributed by atoms with van der Waals surface area (Å²) in [7, 11) is 0. The van der Waals surface area contributed by atoms with E-state index in [0.717, 1.165) is 32.1 Å². The minimum absolute atomic E-state index is 0.0715. The summed E-state index contributed by atoms with van der Waals surface area (Å²) in [6, 6.07) is 0. The van der Waals surface area contributed by atoms with E-state index in [1.165, 1.54) is 19.4 Å². The van der Waals surface area contributed by atoms with Crippen LogP contribution < -0.4 is 0 Å². The highest BCUT2D eigenvalue weighted by atomic mass is 16.8. The number of rotatable bonds is 10. The van der Waals surface area contributed by atoms with E-state index in [9.17, 15) is 61.3 Å². The monoisotopic (exact) mass is 1050 g/mol. The van der Waals surface area contributed by atoms with Crippen molar-refractivity contribution in [2.45, 2.75) is 240 Å². The maximum Gasteiger partial charge on any atom is 0.187 e. The maximum absolute atomic E-state index is 12.3. The average Bonchev–Trinajstić information content (AvgIpc) is 3.81. The molecule has 6 aliphatic heterocycles. The van der Waals surface area contributed by atoms with E-state index >= 15 is 0 Å². The Hall–Kier alpha value is -1.14. The third-order valence-corrected chi connectivity index (χ3v) is 19.9. The molecular weight excluding hydrogens is 965 g/mol. The van der Waals surface area contributed by atoms with Gasteiger partial charge in [0.25, 0.3) is 0 Å². The lowest BCUT2D eigenvalue weighted by Crippen LogP contribution is -2.67. The van der Waals surface area contributed by atoms with Gasteiger partial charge in [-0.05, 0) is 93.3 Å². The zero-order chi connectivity index (χ0) is 52.4. The van der Waals surface area contributed by atoms with Gasteiger partial charge in [-0.25, -0.2) is 0 Å². The molecule has 73 heavy (non-hydrogen) atoms. The molecule has 0 aromatic heterocycles. The van der Waals surface area contributed by atoms with Crippen molar-refractivity contribution >= 4 is 0 Å². The van der Waals surface area contributed by atoms with Crippen molar-refractivity contribution in [1.29, 1.82) is 0 Å². The van der Waals surface area contributed by atoms with Crippen LogP contribution in [0.1, 0.15) is 92.9 Å². The van der Waals surface area contributed by atoms with E-state index < -0.39 is 154 Å². The smallest absolute Gasteiger partial charge is 0.187 e. The molecule has 12 N–H and O–H groups in total. The predicted octanol–water partition coefficient (Wildman–Crippen LogP) is -1.96. The van der Waals surface area contributed by atoms with Crippen molar-refractivity contribution in [1.82, 2.24) is 0 Å². The Morgan fingerprint density at radius 1 is 0.603 bits per heavy atom. The molecule has 6 heterocycles. The fourth-order valence-electron chi connectivity index (χ4n) is 15.5. The molecule has 0 radical (unpaired) electrons. The molecule has 3 saturated carbocycles. The molecular formula is C51H82O22. The van der Waals surface area contributed by atoms with Crippen LogP contribution in [-0.2, 0) is 47.4 Å². The molecule has 9 fully saturated rings. The van der Waals surface area contributed by atoms with Crippen LogP contribution in [0, 0.1) is 46.3 Å². The second kappa shape index (κ2) is 20.8. The van der Waals surface area contributed by atoms with Crippen LogP contribution in [0.3, 0.4) is 0 Å². The molecule has 0 bridgehead atoms. The molecule has 6 saturated heterocycles. The quantitative estimate of drug-likeness (QED) is 0.106. The van der Waals surface area contributed by atoms with Gasteiger partial charge in [-0.3, -0.25) is 0 Å². The summed E-state index contributed by atoms with van der Waals surface area (Å²) in [5.41, 5.74) is 1.25. The summed E-state index contributed by atoms with van der Waals surface area (Å²) in [5, 5.41) is 130. The first-order valence-corrected chi connectivity index (χ1v) is 26.8. The molecule has 10 aliphatic rings. The Bertz CT molecular complexity index is 1950. The van der Waals surface area contributed by atoms with Crippen LogP contribution in [-0.4, -0.2) is 228 Å². The molecule has 22 heteroatoms. The van der Waals surface area contributed by atoms with Crippen molar-refractivity contribution in [3.8, 4) is 0 Å². The van der Waals surface area contributed by atoms with E-state index in [1.54, 1.807) is 0 Å². The van der Waals surface area contributed by atoms with Gasteiger partial charge in [-0.15, -0.1) is 0 Å². The van der Waals surface area contributed by atoms with Gasteiger partial charge in [-0.1, -0.05) is 39.3 Å². The van der Waals surface area contributed by atoms with Gasteiger partial charge in [0.2, 0.25) is 0 Å². The standard InChI is InChI=1S/C51H82O22/c1-19-18-64-51(15-28(19)54)20(2)32-29(73-51)14-27-25-8-7-23-13-24(9-11-49(23,5)26(25)10-12-50(27,32)6)67-48-44(72-45-38(60)35(57)33(55)21(3)65-45)41(63)43(31(17-53)69-48)71-46-40(62)37(59)42(22(4)66-46)70-47-39(61)36(58)34(56)30(16-52)68-47/h7,19-22,24-48,52-63H,8-18H2,1-6H3/t19?,20-,21-,22-,24-,25+,26-,27-,28?,29-,30+,31+,32-,33-,34+,35+,36-,37-,38+,39+,40+,41-,42-,43+,44+,45+,46+,47-,48+,49-,50-,51+/m0/s1. The van der Waals surface area contributed by atoms with Crippen molar-refractivity contribution in [2.24, 2.45) is 46.3 Å². The van der Waals surface area contributed by atoms with Crippen molar-refractivity contribution in [2.75, 3.05) is 19.8 Å². The molecule has 418 valence electrons. The summed E-state index contributed by atoms with van der Waals surface area (Å²) < 4.78 is 61.8. The summed E-state index contributed by atoms with van der Waals surface area (Å²) in [4.78, 5) is 0. The molecule has 10 rings (SSSR count). The van der Waals surface area contributed by atoms with Gasteiger partial charge in [-0.2, -0.15) is 0 Å². The number of ether oxygens (including phenoxy) is 10. The Balaban J connectivity index is 0.834. The fraction of sp³-hybridized carbons (Fsp3) is 0.961. The Labute approximate surface area is 425 Å². The summed E-state index contributed by atoms with van der Waals surface area (Å²) in [6.07, 6.45) is -23.3. The molecule has 4 aliphatic carbocycles. The number of fused-ring (bicyclic) bond motifs is 7. The first kappa shape index (κ1) is 55.2. The van der Waals surface area contributed by atoms with Crippen LogP contribution in [0.2, 0.25) is 0 Å². The molecule has 0 amide bonds. The van der Waals surface area contributed by atoms with Crippen LogP contribution in [0.5, 0.6) is 0 Å². The minimum Gasteiger partial charge on any atom is -0.394 e. The lowest BCUT2D eigenvalue weighted by Gasteiger charge is -2.59. The number of aliphatic hydroxyl groups excluding tert-OH is 12. The Morgan fingerprint density at radius 3 is 1.90 bits per heavy atom. The summed E-state index contributed by atoms with van der Waals surface area (Å²) in [5.74, 6) is 1.19. The predicted molar refractivity (Wildman–Crippen MR) is 247 cm³/mol. The lowest BCUT2D eigenvalue weighted by molar-refractivity contribution is -0.394. The number of allylic oxidation sites excluding steroid dienone is 1.